The minimum absolute atomic E-state index is 0.0524. The summed E-state index contributed by atoms with van der Waals surface area (Å²) in [6.45, 7) is 0.399. The molecule has 0 fully saturated rings. The number of rotatable bonds is 5. The Morgan fingerprint density at radius 2 is 2.22 bits per heavy atom. The second kappa shape index (κ2) is 5.09. The SMILES string of the molecule is CN(C)S(=O)(=O)c1ccc(CNc2nccs2)o1. The minimum Gasteiger partial charge on any atom is -0.446 e. The number of aromatic nitrogens is 1. The minimum atomic E-state index is -3.50. The number of sulfonamides is 1. The van der Waals surface area contributed by atoms with E-state index in [1.807, 2.05) is 5.38 Å². The van der Waals surface area contributed by atoms with Crippen molar-refractivity contribution in [2.24, 2.45) is 0 Å². The van der Waals surface area contributed by atoms with Gasteiger partial charge in [0.2, 0.25) is 5.09 Å². The van der Waals surface area contributed by atoms with E-state index in [1.165, 1.54) is 31.5 Å². The number of hydrogen-bond acceptors (Lipinski definition) is 6. The summed E-state index contributed by atoms with van der Waals surface area (Å²) in [6, 6.07) is 3.09. The van der Waals surface area contributed by atoms with E-state index in [-0.39, 0.29) is 5.09 Å². The predicted octanol–water partition coefficient (Wildman–Crippen LogP) is 1.60. The van der Waals surface area contributed by atoms with Gasteiger partial charge in [-0.2, -0.15) is 0 Å². The van der Waals surface area contributed by atoms with Gasteiger partial charge in [0.1, 0.15) is 5.76 Å². The predicted molar refractivity (Wildman–Crippen MR) is 69.0 cm³/mol. The molecule has 0 radical (unpaired) electrons. The molecule has 0 bridgehead atoms. The van der Waals surface area contributed by atoms with Crippen LogP contribution in [-0.2, 0) is 16.6 Å². The van der Waals surface area contributed by atoms with Crippen LogP contribution >= 0.6 is 11.3 Å². The van der Waals surface area contributed by atoms with E-state index >= 15 is 0 Å². The molecule has 0 saturated heterocycles. The fourth-order valence-corrected chi connectivity index (χ4v) is 2.59. The molecule has 2 rings (SSSR count). The van der Waals surface area contributed by atoms with E-state index in [2.05, 4.69) is 10.3 Å². The van der Waals surface area contributed by atoms with Gasteiger partial charge < -0.3 is 9.73 Å². The Hall–Kier alpha value is -1.38. The molecule has 6 nitrogen and oxygen atoms in total. The summed E-state index contributed by atoms with van der Waals surface area (Å²) in [7, 11) is -0.575. The molecule has 0 saturated carbocycles. The zero-order chi connectivity index (χ0) is 13.2. The molecule has 0 aliphatic carbocycles. The maximum absolute atomic E-state index is 11.8. The molecule has 98 valence electrons. The average molecular weight is 287 g/mol. The average Bonchev–Trinajstić information content (AvgIpc) is 2.97. The third kappa shape index (κ3) is 2.71. The van der Waals surface area contributed by atoms with Crippen LogP contribution in [-0.4, -0.2) is 31.8 Å². The van der Waals surface area contributed by atoms with E-state index in [0.29, 0.717) is 12.3 Å². The van der Waals surface area contributed by atoms with E-state index in [1.54, 1.807) is 12.3 Å². The van der Waals surface area contributed by atoms with Crippen molar-refractivity contribution in [2.75, 3.05) is 19.4 Å². The van der Waals surface area contributed by atoms with Gasteiger partial charge in [0.25, 0.3) is 10.0 Å². The van der Waals surface area contributed by atoms with E-state index in [0.717, 1.165) is 9.44 Å². The van der Waals surface area contributed by atoms with Gasteiger partial charge >= 0.3 is 0 Å². The number of nitrogens with zero attached hydrogens (tertiary/aromatic N) is 2. The molecule has 0 atom stereocenters. The van der Waals surface area contributed by atoms with Crippen LogP contribution in [0.2, 0.25) is 0 Å². The molecule has 0 amide bonds. The summed E-state index contributed by atoms with van der Waals surface area (Å²) in [5.74, 6) is 0.547. The van der Waals surface area contributed by atoms with Crippen molar-refractivity contribution in [1.29, 1.82) is 0 Å². The van der Waals surface area contributed by atoms with Gasteiger partial charge in [-0.05, 0) is 12.1 Å². The first kappa shape index (κ1) is 13.1. The highest BCUT2D eigenvalue weighted by molar-refractivity contribution is 7.88. The molecule has 0 unspecified atom stereocenters. The van der Waals surface area contributed by atoms with Gasteiger partial charge in [-0.15, -0.1) is 11.3 Å². The molecule has 0 spiro atoms. The second-order valence-corrected chi connectivity index (χ2v) is 6.68. The molecule has 0 aliphatic heterocycles. The lowest BCUT2D eigenvalue weighted by molar-refractivity contribution is 0.402. The van der Waals surface area contributed by atoms with Crippen molar-refractivity contribution >= 4 is 26.5 Å². The Balaban J connectivity index is 2.07. The van der Waals surface area contributed by atoms with E-state index in [9.17, 15) is 8.42 Å². The Morgan fingerprint density at radius 3 is 2.83 bits per heavy atom. The van der Waals surface area contributed by atoms with E-state index in [4.69, 9.17) is 4.42 Å². The topological polar surface area (TPSA) is 75.4 Å². The highest BCUT2D eigenvalue weighted by Crippen LogP contribution is 2.18. The van der Waals surface area contributed by atoms with Crippen molar-refractivity contribution < 1.29 is 12.8 Å². The van der Waals surface area contributed by atoms with Crippen molar-refractivity contribution in [3.05, 3.63) is 29.5 Å². The summed E-state index contributed by atoms with van der Waals surface area (Å²) >= 11 is 1.47. The van der Waals surface area contributed by atoms with Crippen LogP contribution in [0.3, 0.4) is 0 Å². The van der Waals surface area contributed by atoms with Gasteiger partial charge in [-0.1, -0.05) is 0 Å². The molecular weight excluding hydrogens is 274 g/mol. The van der Waals surface area contributed by atoms with Gasteiger partial charge in [0.15, 0.2) is 5.13 Å². The molecule has 2 aromatic heterocycles. The van der Waals surface area contributed by atoms with Crippen LogP contribution in [0.25, 0.3) is 0 Å². The van der Waals surface area contributed by atoms with Crippen LogP contribution in [0.5, 0.6) is 0 Å². The standard InChI is InChI=1S/C10H13N3O3S2/c1-13(2)18(14,15)9-4-3-8(16-9)7-12-10-11-5-6-17-10/h3-6H,7H2,1-2H3,(H,11,12). The zero-order valence-corrected chi connectivity index (χ0v) is 11.6. The van der Waals surface area contributed by atoms with Crippen molar-refractivity contribution in [1.82, 2.24) is 9.29 Å². The number of nitrogens with one attached hydrogen (secondary N) is 1. The summed E-state index contributed by atoms with van der Waals surface area (Å²) < 4.78 is 30.0. The number of thiazole rings is 1. The highest BCUT2D eigenvalue weighted by Gasteiger charge is 2.21. The van der Waals surface area contributed by atoms with Gasteiger partial charge in [0, 0.05) is 25.7 Å². The van der Waals surface area contributed by atoms with Gasteiger partial charge in [0.05, 0.1) is 6.54 Å². The van der Waals surface area contributed by atoms with Crippen LogP contribution in [0.15, 0.2) is 33.2 Å². The summed E-state index contributed by atoms with van der Waals surface area (Å²) in [5.41, 5.74) is 0. The first-order valence-corrected chi connectivity index (χ1v) is 7.47. The Bertz CT molecular complexity index is 602. The monoisotopic (exact) mass is 287 g/mol. The van der Waals surface area contributed by atoms with Crippen molar-refractivity contribution in [3.63, 3.8) is 0 Å². The lowest BCUT2D eigenvalue weighted by Crippen LogP contribution is -2.21. The van der Waals surface area contributed by atoms with Crippen LogP contribution in [0.4, 0.5) is 5.13 Å². The maximum atomic E-state index is 11.8. The molecule has 1 N–H and O–H groups in total. The Labute approximate surface area is 109 Å². The van der Waals surface area contributed by atoms with Gasteiger partial charge in [-0.3, -0.25) is 0 Å². The molecule has 0 aromatic carbocycles. The maximum Gasteiger partial charge on any atom is 0.275 e. The molecule has 2 heterocycles. The lowest BCUT2D eigenvalue weighted by atomic mass is 10.4. The number of hydrogen-bond donors (Lipinski definition) is 1. The Morgan fingerprint density at radius 1 is 1.44 bits per heavy atom. The quantitative estimate of drug-likeness (QED) is 0.904. The first-order chi connectivity index (χ1) is 8.50. The van der Waals surface area contributed by atoms with Crippen LogP contribution in [0.1, 0.15) is 5.76 Å². The highest BCUT2D eigenvalue weighted by atomic mass is 32.2. The smallest absolute Gasteiger partial charge is 0.275 e. The molecular formula is C10H13N3O3S2. The summed E-state index contributed by atoms with van der Waals surface area (Å²) in [5, 5.41) is 5.61. The third-order valence-corrected chi connectivity index (χ3v) is 4.64. The van der Waals surface area contributed by atoms with Crippen LogP contribution < -0.4 is 5.32 Å². The Kier molecular flexibility index (Phi) is 3.69. The number of anilines is 1. The van der Waals surface area contributed by atoms with Crippen molar-refractivity contribution in [3.8, 4) is 0 Å². The summed E-state index contributed by atoms with van der Waals surface area (Å²) in [6.07, 6.45) is 1.69. The summed E-state index contributed by atoms with van der Waals surface area (Å²) in [4.78, 5) is 4.05. The van der Waals surface area contributed by atoms with Crippen molar-refractivity contribution in [2.45, 2.75) is 11.6 Å². The second-order valence-electron chi connectivity index (χ2n) is 3.70. The third-order valence-electron chi connectivity index (χ3n) is 2.22. The lowest BCUT2D eigenvalue weighted by Gasteiger charge is -2.07. The van der Waals surface area contributed by atoms with Crippen LogP contribution in [0, 0.1) is 0 Å². The molecule has 8 heteroatoms. The van der Waals surface area contributed by atoms with Gasteiger partial charge in [-0.25, -0.2) is 17.7 Å². The van der Waals surface area contributed by atoms with E-state index < -0.39 is 10.0 Å². The number of furan rings is 1. The fraction of sp³-hybridized carbons (Fsp3) is 0.300. The largest absolute Gasteiger partial charge is 0.446 e. The molecule has 18 heavy (non-hydrogen) atoms. The molecule has 0 aliphatic rings. The first-order valence-electron chi connectivity index (χ1n) is 5.15. The normalized spacial score (nSPS) is 11.9. The fourth-order valence-electron chi connectivity index (χ4n) is 1.25. The zero-order valence-electron chi connectivity index (χ0n) is 9.95. The molecule has 2 aromatic rings.